The summed E-state index contributed by atoms with van der Waals surface area (Å²) in [6.45, 7) is 4.05. The van der Waals surface area contributed by atoms with Gasteiger partial charge in [0.15, 0.2) is 0 Å². The van der Waals surface area contributed by atoms with Gasteiger partial charge in [-0.15, -0.1) is 0 Å². The molecule has 0 atom stereocenters. The zero-order chi connectivity index (χ0) is 15.0. The number of rotatable bonds is 2. The Bertz CT molecular complexity index is 697. The first kappa shape index (κ1) is 13.6. The van der Waals surface area contributed by atoms with Crippen LogP contribution in [0.15, 0.2) is 42.5 Å². The maximum absolute atomic E-state index is 9.58. The van der Waals surface area contributed by atoms with Crippen LogP contribution in [0.2, 0.25) is 0 Å². The number of phenols is 1. The Labute approximate surface area is 124 Å². The van der Waals surface area contributed by atoms with Crippen molar-refractivity contribution in [2.75, 3.05) is 7.11 Å². The van der Waals surface area contributed by atoms with Crippen molar-refractivity contribution in [2.24, 2.45) is 0 Å². The Morgan fingerprint density at radius 1 is 1.05 bits per heavy atom. The van der Waals surface area contributed by atoms with Crippen LogP contribution in [0, 0.1) is 0 Å². The fourth-order valence-electron chi connectivity index (χ4n) is 2.59. The van der Waals surface area contributed by atoms with Gasteiger partial charge in [-0.1, -0.05) is 12.1 Å². The molecule has 0 saturated heterocycles. The first-order chi connectivity index (χ1) is 9.99. The van der Waals surface area contributed by atoms with Crippen LogP contribution in [-0.2, 0) is 0 Å². The minimum absolute atomic E-state index is 0.214. The van der Waals surface area contributed by atoms with Crippen molar-refractivity contribution in [1.29, 1.82) is 0 Å². The van der Waals surface area contributed by atoms with Crippen LogP contribution in [0.25, 0.3) is 11.6 Å². The summed E-state index contributed by atoms with van der Waals surface area (Å²) in [4.78, 5) is 0. The molecular weight excluding hydrogens is 264 g/mol. The number of hydrogen-bond donors (Lipinski definition) is 1. The van der Waals surface area contributed by atoms with E-state index in [0.717, 1.165) is 22.4 Å². The predicted octanol–water partition coefficient (Wildman–Crippen LogP) is 4.11. The van der Waals surface area contributed by atoms with E-state index in [1.54, 1.807) is 19.2 Å². The highest BCUT2D eigenvalue weighted by Gasteiger charge is 2.31. The number of benzene rings is 2. The molecule has 21 heavy (non-hydrogen) atoms. The third-order valence-electron chi connectivity index (χ3n) is 3.71. The molecule has 0 radical (unpaired) electrons. The Kier molecular flexibility index (Phi) is 3.13. The van der Waals surface area contributed by atoms with Gasteiger partial charge in [0.05, 0.1) is 7.11 Å². The first-order valence-electron chi connectivity index (χ1n) is 6.88. The maximum atomic E-state index is 9.58. The van der Waals surface area contributed by atoms with Crippen molar-refractivity contribution < 1.29 is 14.6 Å². The predicted molar refractivity (Wildman–Crippen MR) is 83.7 cm³/mol. The Morgan fingerprint density at radius 3 is 2.43 bits per heavy atom. The van der Waals surface area contributed by atoms with Gasteiger partial charge >= 0.3 is 0 Å². The molecule has 1 N–H and O–H groups in total. The lowest BCUT2D eigenvalue weighted by Crippen LogP contribution is -2.32. The number of phenolic OH excluding ortho intramolecular Hbond substituents is 1. The molecular formula is C18H18O3. The molecule has 108 valence electrons. The Balaban J connectivity index is 2.08. The van der Waals surface area contributed by atoms with E-state index in [-0.39, 0.29) is 5.75 Å². The lowest BCUT2D eigenvalue weighted by molar-refractivity contribution is 0.169. The lowest BCUT2D eigenvalue weighted by Gasteiger charge is -2.34. The topological polar surface area (TPSA) is 38.7 Å². The van der Waals surface area contributed by atoms with Gasteiger partial charge in [0.1, 0.15) is 22.8 Å². The summed E-state index contributed by atoms with van der Waals surface area (Å²) in [6, 6.07) is 13.1. The van der Waals surface area contributed by atoms with Gasteiger partial charge in [-0.3, -0.25) is 0 Å². The molecule has 0 saturated carbocycles. The van der Waals surface area contributed by atoms with E-state index in [2.05, 4.69) is 6.08 Å². The highest BCUT2D eigenvalue weighted by Crippen LogP contribution is 2.41. The molecule has 0 aromatic heterocycles. The quantitative estimate of drug-likeness (QED) is 0.900. The molecule has 3 heteroatoms. The smallest absolute Gasteiger partial charge is 0.131 e. The van der Waals surface area contributed by atoms with Crippen molar-refractivity contribution in [3.8, 4) is 17.2 Å². The SMILES string of the molecule is COc1ccc(C2=Cc3ccc(O)cc3OC2(C)C)cc1. The average molecular weight is 282 g/mol. The first-order valence-corrected chi connectivity index (χ1v) is 6.88. The zero-order valence-corrected chi connectivity index (χ0v) is 12.4. The van der Waals surface area contributed by atoms with Gasteiger partial charge in [0.2, 0.25) is 0 Å². The maximum Gasteiger partial charge on any atom is 0.131 e. The summed E-state index contributed by atoms with van der Waals surface area (Å²) in [5.41, 5.74) is 2.70. The second-order valence-electron chi connectivity index (χ2n) is 5.62. The van der Waals surface area contributed by atoms with Crippen LogP contribution in [0.3, 0.4) is 0 Å². The summed E-state index contributed by atoms with van der Waals surface area (Å²) >= 11 is 0. The van der Waals surface area contributed by atoms with Gasteiger partial charge in [-0.2, -0.15) is 0 Å². The standard InChI is InChI=1S/C18H18O3/c1-18(2)16(12-5-8-15(20-3)9-6-12)10-13-4-7-14(19)11-17(13)21-18/h4-11,19H,1-3H3. The summed E-state index contributed by atoms with van der Waals surface area (Å²) < 4.78 is 11.3. The van der Waals surface area contributed by atoms with Crippen molar-refractivity contribution in [3.05, 3.63) is 53.6 Å². The van der Waals surface area contributed by atoms with Gasteiger partial charge < -0.3 is 14.6 Å². The molecule has 3 nitrogen and oxygen atoms in total. The zero-order valence-electron chi connectivity index (χ0n) is 12.4. The number of hydrogen-bond acceptors (Lipinski definition) is 3. The molecule has 0 fully saturated rings. The number of ether oxygens (including phenoxy) is 2. The van der Waals surface area contributed by atoms with Crippen molar-refractivity contribution >= 4 is 11.6 Å². The van der Waals surface area contributed by atoms with Gasteiger partial charge in [-0.05, 0) is 49.8 Å². The molecule has 2 aromatic rings. The summed E-state index contributed by atoms with van der Waals surface area (Å²) in [5, 5.41) is 9.58. The Hall–Kier alpha value is -2.42. The highest BCUT2D eigenvalue weighted by molar-refractivity contribution is 5.89. The average Bonchev–Trinajstić information content (AvgIpc) is 2.46. The van der Waals surface area contributed by atoms with E-state index in [1.807, 2.05) is 44.2 Å². The molecule has 1 aliphatic rings. The summed E-state index contributed by atoms with van der Waals surface area (Å²) in [7, 11) is 1.66. The summed E-state index contributed by atoms with van der Waals surface area (Å²) in [5.74, 6) is 1.75. The Morgan fingerprint density at radius 2 is 1.76 bits per heavy atom. The molecule has 0 unspecified atom stereocenters. The van der Waals surface area contributed by atoms with E-state index < -0.39 is 5.60 Å². The normalized spacial score (nSPS) is 15.7. The fraction of sp³-hybridized carbons (Fsp3) is 0.222. The van der Waals surface area contributed by atoms with Crippen LogP contribution >= 0.6 is 0 Å². The van der Waals surface area contributed by atoms with Gasteiger partial charge in [0, 0.05) is 17.2 Å². The van der Waals surface area contributed by atoms with Crippen LogP contribution < -0.4 is 9.47 Å². The molecule has 0 aliphatic carbocycles. The third-order valence-corrected chi connectivity index (χ3v) is 3.71. The second kappa shape index (κ2) is 4.85. The fourth-order valence-corrected chi connectivity index (χ4v) is 2.59. The largest absolute Gasteiger partial charge is 0.508 e. The molecule has 0 amide bonds. The lowest BCUT2D eigenvalue weighted by atomic mass is 9.87. The van der Waals surface area contributed by atoms with E-state index in [4.69, 9.17) is 9.47 Å². The van der Waals surface area contributed by atoms with Gasteiger partial charge in [0.25, 0.3) is 0 Å². The monoisotopic (exact) mass is 282 g/mol. The van der Waals surface area contributed by atoms with Crippen LogP contribution in [0.1, 0.15) is 25.0 Å². The summed E-state index contributed by atoms with van der Waals surface area (Å²) in [6.07, 6.45) is 2.11. The van der Waals surface area contributed by atoms with E-state index >= 15 is 0 Å². The molecule has 1 aliphatic heterocycles. The van der Waals surface area contributed by atoms with Crippen LogP contribution in [0.4, 0.5) is 0 Å². The van der Waals surface area contributed by atoms with E-state index in [9.17, 15) is 5.11 Å². The van der Waals surface area contributed by atoms with E-state index in [0.29, 0.717) is 5.75 Å². The van der Waals surface area contributed by atoms with Crippen LogP contribution in [0.5, 0.6) is 17.2 Å². The molecule has 3 rings (SSSR count). The minimum atomic E-state index is -0.463. The molecule has 0 bridgehead atoms. The molecule has 2 aromatic carbocycles. The van der Waals surface area contributed by atoms with Crippen molar-refractivity contribution in [3.63, 3.8) is 0 Å². The second-order valence-corrected chi connectivity index (χ2v) is 5.62. The minimum Gasteiger partial charge on any atom is -0.508 e. The van der Waals surface area contributed by atoms with Crippen molar-refractivity contribution in [2.45, 2.75) is 19.4 Å². The number of fused-ring (bicyclic) bond motifs is 1. The van der Waals surface area contributed by atoms with Gasteiger partial charge in [-0.25, -0.2) is 0 Å². The van der Waals surface area contributed by atoms with Crippen LogP contribution in [-0.4, -0.2) is 17.8 Å². The number of methoxy groups -OCH3 is 1. The highest BCUT2D eigenvalue weighted by atomic mass is 16.5. The molecule has 0 spiro atoms. The molecule has 1 heterocycles. The van der Waals surface area contributed by atoms with Crippen molar-refractivity contribution in [1.82, 2.24) is 0 Å². The third kappa shape index (κ3) is 2.47. The van der Waals surface area contributed by atoms with E-state index in [1.165, 1.54) is 0 Å². The number of aromatic hydroxyl groups is 1.